The number of rotatable bonds is 5. The van der Waals surface area contributed by atoms with E-state index in [2.05, 4.69) is 5.32 Å². The third-order valence-corrected chi connectivity index (χ3v) is 4.41. The van der Waals surface area contributed by atoms with Crippen LogP contribution in [0.25, 0.3) is 0 Å². The summed E-state index contributed by atoms with van der Waals surface area (Å²) >= 11 is 12.0. The predicted octanol–water partition coefficient (Wildman–Crippen LogP) is 2.81. The molecular formula is C16H20Cl2N2O3. The number of benzene rings is 1. The van der Waals surface area contributed by atoms with E-state index in [0.29, 0.717) is 49.1 Å². The second-order valence-electron chi connectivity index (χ2n) is 5.46. The number of hydrogen-bond donors (Lipinski definition) is 1. The van der Waals surface area contributed by atoms with E-state index < -0.39 is 0 Å². The number of halogens is 2. The molecule has 5 nitrogen and oxygen atoms in total. The fourth-order valence-electron chi connectivity index (χ4n) is 2.45. The molecule has 1 N–H and O–H groups in total. The van der Waals surface area contributed by atoms with Crippen molar-refractivity contribution < 1.29 is 14.3 Å². The molecule has 0 aromatic heterocycles. The van der Waals surface area contributed by atoms with Gasteiger partial charge in [0.05, 0.1) is 23.2 Å². The first-order valence-corrected chi connectivity index (χ1v) is 8.31. The number of ether oxygens (including phenoxy) is 1. The number of nitrogens with one attached hydrogen (secondary N) is 1. The van der Waals surface area contributed by atoms with Crippen LogP contribution in [0.2, 0.25) is 10.0 Å². The Hall–Kier alpha value is -1.30. The lowest BCUT2D eigenvalue weighted by molar-refractivity contribution is -0.139. The quantitative estimate of drug-likeness (QED) is 0.823. The van der Waals surface area contributed by atoms with Gasteiger partial charge < -0.3 is 15.0 Å². The molecule has 1 aliphatic heterocycles. The molecular weight excluding hydrogens is 339 g/mol. The average Bonchev–Trinajstić information content (AvgIpc) is 2.54. The van der Waals surface area contributed by atoms with Crippen molar-refractivity contribution in [3.63, 3.8) is 0 Å². The maximum atomic E-state index is 12.3. The first-order valence-electron chi connectivity index (χ1n) is 7.56. The maximum Gasteiger partial charge on any atom is 0.222 e. The monoisotopic (exact) mass is 358 g/mol. The Bertz CT molecular complexity index is 580. The average molecular weight is 359 g/mol. The molecule has 1 atom stereocenters. The van der Waals surface area contributed by atoms with Crippen LogP contribution in [0.5, 0.6) is 0 Å². The van der Waals surface area contributed by atoms with Gasteiger partial charge in [0.1, 0.15) is 6.10 Å². The fraction of sp³-hybridized carbons (Fsp3) is 0.500. The molecule has 0 aliphatic carbocycles. The number of hydrogen-bond acceptors (Lipinski definition) is 3. The Labute approximate surface area is 145 Å². The minimum atomic E-state index is -0.196. The van der Waals surface area contributed by atoms with E-state index in [1.165, 1.54) is 6.92 Å². The zero-order chi connectivity index (χ0) is 16.8. The highest BCUT2D eigenvalue weighted by Gasteiger charge is 2.25. The highest BCUT2D eigenvalue weighted by atomic mass is 35.5. The van der Waals surface area contributed by atoms with Gasteiger partial charge in [0.15, 0.2) is 0 Å². The van der Waals surface area contributed by atoms with Crippen molar-refractivity contribution >= 4 is 35.0 Å². The van der Waals surface area contributed by atoms with Gasteiger partial charge in [-0.2, -0.15) is 0 Å². The molecule has 0 bridgehead atoms. The molecule has 0 radical (unpaired) electrons. The van der Waals surface area contributed by atoms with Gasteiger partial charge >= 0.3 is 0 Å². The summed E-state index contributed by atoms with van der Waals surface area (Å²) in [6, 6.07) is 5.37. The molecule has 1 aromatic rings. The van der Waals surface area contributed by atoms with E-state index in [1.807, 2.05) is 6.07 Å². The summed E-state index contributed by atoms with van der Waals surface area (Å²) in [7, 11) is 0. The first-order chi connectivity index (χ1) is 11.0. The highest BCUT2D eigenvalue weighted by molar-refractivity contribution is 6.42. The molecule has 0 saturated carbocycles. The molecule has 0 spiro atoms. The summed E-state index contributed by atoms with van der Waals surface area (Å²) in [5.74, 6) is -0.00721. The van der Waals surface area contributed by atoms with Crippen LogP contribution in [0.3, 0.4) is 0 Å². The zero-order valence-electron chi connectivity index (χ0n) is 13.0. The third-order valence-electron chi connectivity index (χ3n) is 3.68. The smallest absolute Gasteiger partial charge is 0.222 e. The minimum absolute atomic E-state index is 0.0729. The molecule has 1 aromatic carbocycles. The van der Waals surface area contributed by atoms with E-state index in [4.69, 9.17) is 27.9 Å². The normalized spacial score (nSPS) is 17.9. The van der Waals surface area contributed by atoms with Crippen molar-refractivity contribution in [2.45, 2.75) is 25.9 Å². The van der Waals surface area contributed by atoms with Crippen LogP contribution in [0.15, 0.2) is 18.2 Å². The molecule has 7 heteroatoms. The van der Waals surface area contributed by atoms with Gasteiger partial charge in [-0.3, -0.25) is 9.59 Å². The number of carbonyl (C=O) groups is 2. The SMILES string of the molecule is CC(=O)NCCCC(=O)N1CCO[C@@H](c2ccc(Cl)c(Cl)c2)C1. The van der Waals surface area contributed by atoms with Crippen LogP contribution in [-0.2, 0) is 14.3 Å². The van der Waals surface area contributed by atoms with Gasteiger partial charge in [0.2, 0.25) is 11.8 Å². The van der Waals surface area contributed by atoms with Crippen molar-refractivity contribution in [2.24, 2.45) is 0 Å². The molecule has 1 saturated heterocycles. The van der Waals surface area contributed by atoms with Gasteiger partial charge in [0, 0.05) is 26.4 Å². The second-order valence-corrected chi connectivity index (χ2v) is 6.27. The van der Waals surface area contributed by atoms with Crippen LogP contribution >= 0.6 is 23.2 Å². The van der Waals surface area contributed by atoms with Gasteiger partial charge in [-0.15, -0.1) is 0 Å². The second kappa shape index (κ2) is 8.52. The van der Waals surface area contributed by atoms with Crippen molar-refractivity contribution in [2.75, 3.05) is 26.2 Å². The highest BCUT2D eigenvalue weighted by Crippen LogP contribution is 2.29. The van der Waals surface area contributed by atoms with E-state index in [0.717, 1.165) is 5.56 Å². The van der Waals surface area contributed by atoms with Crippen molar-refractivity contribution in [3.8, 4) is 0 Å². The molecule has 23 heavy (non-hydrogen) atoms. The first kappa shape index (κ1) is 18.0. The number of morpholine rings is 1. The van der Waals surface area contributed by atoms with E-state index >= 15 is 0 Å². The molecule has 1 aliphatic rings. The minimum Gasteiger partial charge on any atom is -0.370 e. The molecule has 2 rings (SSSR count). The molecule has 2 amide bonds. The number of amides is 2. The van der Waals surface area contributed by atoms with Crippen LogP contribution in [-0.4, -0.2) is 43.0 Å². The third kappa shape index (κ3) is 5.37. The Balaban J connectivity index is 1.88. The molecule has 1 fully saturated rings. The lowest BCUT2D eigenvalue weighted by Crippen LogP contribution is -2.42. The summed E-state index contributed by atoms with van der Waals surface area (Å²) < 4.78 is 5.74. The van der Waals surface area contributed by atoms with Crippen molar-refractivity contribution in [1.82, 2.24) is 10.2 Å². The Morgan fingerprint density at radius 3 is 2.83 bits per heavy atom. The number of nitrogens with zero attached hydrogens (tertiary/aromatic N) is 1. The Morgan fingerprint density at radius 2 is 2.13 bits per heavy atom. The topological polar surface area (TPSA) is 58.6 Å². The lowest BCUT2D eigenvalue weighted by Gasteiger charge is -2.33. The van der Waals surface area contributed by atoms with E-state index in [-0.39, 0.29) is 17.9 Å². The molecule has 0 unspecified atom stereocenters. The lowest BCUT2D eigenvalue weighted by atomic mass is 10.1. The van der Waals surface area contributed by atoms with Crippen molar-refractivity contribution in [1.29, 1.82) is 0 Å². The van der Waals surface area contributed by atoms with Crippen molar-refractivity contribution in [3.05, 3.63) is 33.8 Å². The molecule has 1 heterocycles. The Kier molecular flexibility index (Phi) is 6.69. The standard InChI is InChI=1S/C16H20Cl2N2O3/c1-11(21)19-6-2-3-16(22)20-7-8-23-15(10-20)12-4-5-13(17)14(18)9-12/h4-5,9,15H,2-3,6-8,10H2,1H3,(H,19,21)/t15-/m1/s1. The zero-order valence-corrected chi connectivity index (χ0v) is 14.5. The van der Waals surface area contributed by atoms with E-state index in [1.54, 1.807) is 17.0 Å². The van der Waals surface area contributed by atoms with Gasteiger partial charge in [-0.25, -0.2) is 0 Å². The molecule has 126 valence electrons. The van der Waals surface area contributed by atoms with Crippen LogP contribution in [0.1, 0.15) is 31.4 Å². The fourth-order valence-corrected chi connectivity index (χ4v) is 2.76. The van der Waals surface area contributed by atoms with E-state index in [9.17, 15) is 9.59 Å². The number of carbonyl (C=O) groups excluding carboxylic acids is 2. The summed E-state index contributed by atoms with van der Waals surface area (Å²) in [5.41, 5.74) is 0.912. The van der Waals surface area contributed by atoms with Gasteiger partial charge in [0.25, 0.3) is 0 Å². The summed E-state index contributed by atoms with van der Waals surface area (Å²) in [6.07, 6.45) is 0.847. The van der Waals surface area contributed by atoms with Crippen LogP contribution in [0.4, 0.5) is 0 Å². The summed E-state index contributed by atoms with van der Waals surface area (Å²) in [6.45, 7) is 3.54. The van der Waals surface area contributed by atoms with Crippen LogP contribution < -0.4 is 5.32 Å². The predicted molar refractivity (Wildman–Crippen MR) is 89.7 cm³/mol. The van der Waals surface area contributed by atoms with Gasteiger partial charge in [-0.1, -0.05) is 29.3 Å². The summed E-state index contributed by atoms with van der Waals surface area (Å²) in [4.78, 5) is 24.8. The Morgan fingerprint density at radius 1 is 1.35 bits per heavy atom. The maximum absolute atomic E-state index is 12.3. The largest absolute Gasteiger partial charge is 0.370 e. The van der Waals surface area contributed by atoms with Gasteiger partial charge in [-0.05, 0) is 24.1 Å². The summed E-state index contributed by atoms with van der Waals surface area (Å²) in [5, 5.41) is 3.66. The van der Waals surface area contributed by atoms with Crippen LogP contribution in [0, 0.1) is 0 Å².